The van der Waals surface area contributed by atoms with Crippen LogP contribution < -0.4 is 5.73 Å². The van der Waals surface area contributed by atoms with Crippen LogP contribution in [-0.4, -0.2) is 6.67 Å². The number of halogens is 4. The van der Waals surface area contributed by atoms with E-state index in [2.05, 4.69) is 15.9 Å². The summed E-state index contributed by atoms with van der Waals surface area (Å²) in [5.41, 5.74) is 6.23. The van der Waals surface area contributed by atoms with Gasteiger partial charge >= 0.3 is 0 Å². The van der Waals surface area contributed by atoms with Crippen molar-refractivity contribution in [1.29, 1.82) is 0 Å². The average molecular weight is 287 g/mol. The van der Waals surface area contributed by atoms with Crippen LogP contribution in [0, 0.1) is 5.82 Å². The third-order valence-corrected chi connectivity index (χ3v) is 2.44. The lowest BCUT2D eigenvalue weighted by Gasteiger charge is -2.09. The van der Waals surface area contributed by atoms with Gasteiger partial charge in [0.1, 0.15) is 5.82 Å². The Kier molecular flexibility index (Phi) is 6.24. The first-order valence-electron chi connectivity index (χ1n) is 3.91. The summed E-state index contributed by atoms with van der Waals surface area (Å²) >= 11 is 3.03. The van der Waals surface area contributed by atoms with Crippen LogP contribution in [0.2, 0.25) is 0 Å². The van der Waals surface area contributed by atoms with Gasteiger partial charge in [0, 0.05) is 6.04 Å². The van der Waals surface area contributed by atoms with E-state index in [1.807, 2.05) is 0 Å². The summed E-state index contributed by atoms with van der Waals surface area (Å²) in [6.07, 6.45) is 0.223. The average Bonchev–Trinajstić information content (AvgIpc) is 2.10. The van der Waals surface area contributed by atoms with Crippen LogP contribution in [0.25, 0.3) is 0 Å². The standard InChI is InChI=1S/C9H10BrF2N.ClH/c10-7-2-1-6(5-8(7)12)9(13)3-4-11;/h1-2,5,9H,3-4,13H2;1H/t9-;/m1./s1. The summed E-state index contributed by atoms with van der Waals surface area (Å²) in [4.78, 5) is 0. The van der Waals surface area contributed by atoms with Crippen LogP contribution >= 0.6 is 28.3 Å². The van der Waals surface area contributed by atoms with E-state index in [0.29, 0.717) is 10.0 Å². The number of alkyl halides is 1. The SMILES string of the molecule is Cl.N[C@H](CCF)c1ccc(Br)c(F)c1. The molecule has 2 N–H and O–H groups in total. The third kappa shape index (κ3) is 3.52. The van der Waals surface area contributed by atoms with Gasteiger partial charge in [-0.1, -0.05) is 6.07 Å². The molecular formula is C9H11BrClF2N. The maximum atomic E-state index is 13.0. The number of benzene rings is 1. The highest BCUT2D eigenvalue weighted by atomic mass is 79.9. The van der Waals surface area contributed by atoms with Gasteiger partial charge in [-0.15, -0.1) is 12.4 Å². The first-order valence-corrected chi connectivity index (χ1v) is 4.71. The number of rotatable bonds is 3. The number of nitrogens with two attached hydrogens (primary N) is 1. The molecule has 0 heterocycles. The largest absolute Gasteiger partial charge is 0.324 e. The second-order valence-corrected chi connectivity index (χ2v) is 3.61. The van der Waals surface area contributed by atoms with E-state index in [1.165, 1.54) is 6.07 Å². The van der Waals surface area contributed by atoms with Crippen LogP contribution in [0.15, 0.2) is 22.7 Å². The van der Waals surface area contributed by atoms with Crippen molar-refractivity contribution < 1.29 is 8.78 Å². The predicted molar refractivity (Wildman–Crippen MR) is 58.9 cm³/mol. The van der Waals surface area contributed by atoms with Crippen molar-refractivity contribution in [2.75, 3.05) is 6.67 Å². The third-order valence-electron chi connectivity index (χ3n) is 1.79. The minimum Gasteiger partial charge on any atom is -0.324 e. The molecule has 1 atom stereocenters. The Morgan fingerprint density at radius 3 is 2.57 bits per heavy atom. The Bertz CT molecular complexity index is 296. The summed E-state index contributed by atoms with van der Waals surface area (Å²) in [5.74, 6) is -0.369. The number of hydrogen-bond donors (Lipinski definition) is 1. The maximum Gasteiger partial charge on any atom is 0.137 e. The minimum absolute atomic E-state index is 0. The molecule has 0 aliphatic carbocycles. The molecule has 5 heteroatoms. The topological polar surface area (TPSA) is 26.0 Å². The Morgan fingerprint density at radius 1 is 1.43 bits per heavy atom. The zero-order chi connectivity index (χ0) is 9.84. The molecule has 0 fully saturated rings. The molecule has 0 amide bonds. The molecule has 0 aliphatic rings. The zero-order valence-corrected chi connectivity index (χ0v) is 9.75. The van der Waals surface area contributed by atoms with E-state index >= 15 is 0 Å². The van der Waals surface area contributed by atoms with Crippen molar-refractivity contribution in [2.24, 2.45) is 5.73 Å². The van der Waals surface area contributed by atoms with Crippen molar-refractivity contribution in [3.05, 3.63) is 34.1 Å². The van der Waals surface area contributed by atoms with Gasteiger partial charge in [0.15, 0.2) is 0 Å². The van der Waals surface area contributed by atoms with Crippen LogP contribution in [0.3, 0.4) is 0 Å². The predicted octanol–water partition coefficient (Wildman–Crippen LogP) is 3.37. The summed E-state index contributed by atoms with van der Waals surface area (Å²) in [7, 11) is 0. The molecule has 0 unspecified atom stereocenters. The highest BCUT2D eigenvalue weighted by Crippen LogP contribution is 2.21. The van der Waals surface area contributed by atoms with E-state index in [4.69, 9.17) is 5.73 Å². The lowest BCUT2D eigenvalue weighted by atomic mass is 10.1. The Morgan fingerprint density at radius 2 is 2.07 bits per heavy atom. The zero-order valence-electron chi connectivity index (χ0n) is 7.34. The molecule has 0 aromatic heterocycles. The smallest absolute Gasteiger partial charge is 0.137 e. The summed E-state index contributed by atoms with van der Waals surface area (Å²) in [5, 5.41) is 0. The second kappa shape index (κ2) is 6.32. The molecule has 0 radical (unpaired) electrons. The van der Waals surface area contributed by atoms with Crippen LogP contribution in [-0.2, 0) is 0 Å². The van der Waals surface area contributed by atoms with E-state index in [0.717, 1.165) is 0 Å². The van der Waals surface area contributed by atoms with Gasteiger partial charge in [-0.2, -0.15) is 0 Å². The van der Waals surface area contributed by atoms with Crippen molar-refractivity contribution in [3.8, 4) is 0 Å². The van der Waals surface area contributed by atoms with Gasteiger partial charge in [-0.25, -0.2) is 4.39 Å². The quantitative estimate of drug-likeness (QED) is 0.906. The fraction of sp³-hybridized carbons (Fsp3) is 0.333. The first kappa shape index (κ1) is 13.8. The maximum absolute atomic E-state index is 13.0. The lowest BCUT2D eigenvalue weighted by Crippen LogP contribution is -2.11. The number of hydrogen-bond acceptors (Lipinski definition) is 1. The molecule has 0 bridgehead atoms. The van der Waals surface area contributed by atoms with E-state index in [1.54, 1.807) is 12.1 Å². The fourth-order valence-corrected chi connectivity index (χ4v) is 1.27. The molecule has 0 saturated heterocycles. The van der Waals surface area contributed by atoms with Gasteiger partial charge in [-0.05, 0) is 40.0 Å². The molecule has 1 aromatic rings. The minimum atomic E-state index is -0.487. The molecule has 0 saturated carbocycles. The van der Waals surface area contributed by atoms with Gasteiger partial charge in [0.2, 0.25) is 0 Å². The van der Waals surface area contributed by atoms with E-state index in [9.17, 15) is 8.78 Å². The van der Waals surface area contributed by atoms with Crippen molar-refractivity contribution >= 4 is 28.3 Å². The van der Waals surface area contributed by atoms with E-state index < -0.39 is 12.7 Å². The van der Waals surface area contributed by atoms with Crippen LogP contribution in [0.4, 0.5) is 8.78 Å². The molecule has 14 heavy (non-hydrogen) atoms. The summed E-state index contributed by atoms with van der Waals surface area (Å²) in [6.45, 7) is -0.487. The monoisotopic (exact) mass is 285 g/mol. The molecule has 1 rings (SSSR count). The molecule has 0 spiro atoms. The summed E-state index contributed by atoms with van der Waals surface area (Å²) < 4.78 is 25.3. The Balaban J connectivity index is 0.00000169. The molecule has 1 nitrogen and oxygen atoms in total. The molecule has 80 valence electrons. The van der Waals surface area contributed by atoms with E-state index in [-0.39, 0.29) is 24.6 Å². The second-order valence-electron chi connectivity index (χ2n) is 2.76. The van der Waals surface area contributed by atoms with Gasteiger partial charge < -0.3 is 5.73 Å². The van der Waals surface area contributed by atoms with Gasteiger partial charge in [-0.3, -0.25) is 4.39 Å². The van der Waals surface area contributed by atoms with Gasteiger partial charge in [0.05, 0.1) is 11.1 Å². The fourth-order valence-electron chi connectivity index (χ4n) is 1.03. The Hall–Kier alpha value is -0.190. The van der Waals surface area contributed by atoms with Crippen molar-refractivity contribution in [2.45, 2.75) is 12.5 Å². The molecule has 0 aliphatic heterocycles. The highest BCUT2D eigenvalue weighted by Gasteiger charge is 2.07. The van der Waals surface area contributed by atoms with Crippen molar-refractivity contribution in [3.63, 3.8) is 0 Å². The molecular weight excluding hydrogens is 275 g/mol. The van der Waals surface area contributed by atoms with Gasteiger partial charge in [0.25, 0.3) is 0 Å². The van der Waals surface area contributed by atoms with Crippen LogP contribution in [0.5, 0.6) is 0 Å². The summed E-state index contributed by atoms with van der Waals surface area (Å²) in [6, 6.07) is 4.16. The normalized spacial score (nSPS) is 12.0. The molecule has 1 aromatic carbocycles. The van der Waals surface area contributed by atoms with Crippen LogP contribution in [0.1, 0.15) is 18.0 Å². The Labute approximate surface area is 96.2 Å². The highest BCUT2D eigenvalue weighted by molar-refractivity contribution is 9.10. The van der Waals surface area contributed by atoms with Crippen molar-refractivity contribution in [1.82, 2.24) is 0 Å². The lowest BCUT2D eigenvalue weighted by molar-refractivity contribution is 0.441. The first-order chi connectivity index (χ1) is 6.15.